The third-order valence-electron chi connectivity index (χ3n) is 3.32. The van der Waals surface area contributed by atoms with Gasteiger partial charge in [-0.1, -0.05) is 13.0 Å². The Morgan fingerprint density at radius 2 is 1.91 bits per heavy atom. The van der Waals surface area contributed by atoms with E-state index < -0.39 is 0 Å². The lowest BCUT2D eigenvalue weighted by Crippen LogP contribution is -2.12. The van der Waals surface area contributed by atoms with Crippen molar-refractivity contribution in [2.24, 2.45) is 0 Å². The number of ether oxygens (including phenoxy) is 2. The van der Waals surface area contributed by atoms with Crippen LogP contribution in [0.1, 0.15) is 25.3 Å². The second-order valence-corrected chi connectivity index (χ2v) is 5.14. The first-order valence-electron chi connectivity index (χ1n) is 7.50. The number of benzene rings is 1. The third-order valence-corrected chi connectivity index (χ3v) is 3.32. The van der Waals surface area contributed by atoms with Crippen LogP contribution in [0, 0.1) is 0 Å². The topological polar surface area (TPSA) is 85.4 Å². The summed E-state index contributed by atoms with van der Waals surface area (Å²) in [6.07, 6.45) is 1.28. The maximum Gasteiger partial charge on any atom is 0.231 e. The van der Waals surface area contributed by atoms with Crippen LogP contribution in [0.3, 0.4) is 0 Å². The summed E-state index contributed by atoms with van der Waals surface area (Å²) < 4.78 is 10.6. The minimum absolute atomic E-state index is 0.0529. The standard InChI is InChI=1S/C16H18N4O3/c1-2-3-16(21)18-15-7-6-14(19-20-15)17-9-11-4-5-12-13(8-11)23-10-22-12/h4-8H,2-3,9-10H2,1H3,(H,17,19)(H,18,20,21). The zero-order valence-corrected chi connectivity index (χ0v) is 12.8. The molecule has 0 spiro atoms. The van der Waals surface area contributed by atoms with Gasteiger partial charge in [0.1, 0.15) is 5.82 Å². The number of anilines is 2. The molecule has 0 bridgehead atoms. The first-order chi connectivity index (χ1) is 11.2. The molecule has 0 unspecified atom stereocenters. The molecular formula is C16H18N4O3. The van der Waals surface area contributed by atoms with Gasteiger partial charge in [0, 0.05) is 13.0 Å². The lowest BCUT2D eigenvalue weighted by molar-refractivity contribution is -0.116. The van der Waals surface area contributed by atoms with Crippen LogP contribution in [0.5, 0.6) is 11.5 Å². The summed E-state index contributed by atoms with van der Waals surface area (Å²) in [7, 11) is 0. The molecule has 7 heteroatoms. The molecule has 120 valence electrons. The largest absolute Gasteiger partial charge is 0.454 e. The highest BCUT2D eigenvalue weighted by atomic mass is 16.7. The molecule has 1 aliphatic heterocycles. The fraction of sp³-hybridized carbons (Fsp3) is 0.312. The van der Waals surface area contributed by atoms with Gasteiger partial charge in [0.05, 0.1) is 0 Å². The monoisotopic (exact) mass is 314 g/mol. The number of aromatic nitrogens is 2. The number of fused-ring (bicyclic) bond motifs is 1. The van der Waals surface area contributed by atoms with Gasteiger partial charge < -0.3 is 20.1 Å². The van der Waals surface area contributed by atoms with Crippen molar-refractivity contribution in [3.63, 3.8) is 0 Å². The summed E-state index contributed by atoms with van der Waals surface area (Å²) in [6, 6.07) is 9.29. The van der Waals surface area contributed by atoms with Gasteiger partial charge in [0.2, 0.25) is 12.7 Å². The van der Waals surface area contributed by atoms with E-state index in [1.807, 2.05) is 25.1 Å². The van der Waals surface area contributed by atoms with E-state index in [0.29, 0.717) is 24.6 Å². The zero-order valence-electron chi connectivity index (χ0n) is 12.8. The summed E-state index contributed by atoms with van der Waals surface area (Å²) in [5.74, 6) is 2.56. The van der Waals surface area contributed by atoms with Crippen molar-refractivity contribution in [3.8, 4) is 11.5 Å². The van der Waals surface area contributed by atoms with Gasteiger partial charge in [-0.2, -0.15) is 0 Å². The summed E-state index contributed by atoms with van der Waals surface area (Å²) in [5, 5.41) is 13.9. The highest BCUT2D eigenvalue weighted by molar-refractivity contribution is 5.89. The van der Waals surface area contributed by atoms with E-state index in [2.05, 4.69) is 20.8 Å². The Morgan fingerprint density at radius 3 is 2.70 bits per heavy atom. The van der Waals surface area contributed by atoms with Crippen molar-refractivity contribution in [1.29, 1.82) is 0 Å². The van der Waals surface area contributed by atoms with Crippen LogP contribution >= 0.6 is 0 Å². The Balaban J connectivity index is 1.55. The Hall–Kier alpha value is -2.83. The molecule has 2 heterocycles. The fourth-order valence-electron chi connectivity index (χ4n) is 2.17. The predicted molar refractivity (Wildman–Crippen MR) is 85.5 cm³/mol. The Bertz CT molecular complexity index is 688. The average molecular weight is 314 g/mol. The molecule has 23 heavy (non-hydrogen) atoms. The number of hydrogen-bond donors (Lipinski definition) is 2. The second kappa shape index (κ2) is 6.95. The lowest BCUT2D eigenvalue weighted by atomic mass is 10.2. The van der Waals surface area contributed by atoms with E-state index in [1.165, 1.54) is 0 Å². The van der Waals surface area contributed by atoms with Gasteiger partial charge in [-0.3, -0.25) is 4.79 Å². The number of nitrogens with zero attached hydrogens (tertiary/aromatic N) is 2. The van der Waals surface area contributed by atoms with Gasteiger partial charge in [-0.15, -0.1) is 10.2 Å². The summed E-state index contributed by atoms with van der Waals surface area (Å²) in [6.45, 7) is 2.81. The molecule has 0 radical (unpaired) electrons. The highest BCUT2D eigenvalue weighted by Crippen LogP contribution is 2.32. The predicted octanol–water partition coefficient (Wildman–Crippen LogP) is 2.56. The molecule has 1 aliphatic rings. The number of hydrogen-bond acceptors (Lipinski definition) is 6. The van der Waals surface area contributed by atoms with Crippen LogP contribution in [0.15, 0.2) is 30.3 Å². The van der Waals surface area contributed by atoms with Crippen LogP contribution in [-0.4, -0.2) is 22.9 Å². The molecule has 1 amide bonds. The number of carbonyl (C=O) groups excluding carboxylic acids is 1. The molecule has 0 fully saturated rings. The van der Waals surface area contributed by atoms with Crippen LogP contribution in [-0.2, 0) is 11.3 Å². The molecule has 2 aromatic rings. The summed E-state index contributed by atoms with van der Waals surface area (Å²) in [5.41, 5.74) is 1.05. The normalized spacial score (nSPS) is 12.0. The van der Waals surface area contributed by atoms with Gasteiger partial charge in [0.25, 0.3) is 0 Å². The van der Waals surface area contributed by atoms with E-state index in [0.717, 1.165) is 23.5 Å². The van der Waals surface area contributed by atoms with Crippen molar-refractivity contribution in [2.45, 2.75) is 26.3 Å². The minimum Gasteiger partial charge on any atom is -0.454 e. The Labute approximate surface area is 134 Å². The Kier molecular flexibility index (Phi) is 4.56. The molecule has 0 atom stereocenters. The SMILES string of the molecule is CCCC(=O)Nc1ccc(NCc2ccc3c(c2)OCO3)nn1. The Morgan fingerprint density at radius 1 is 1.13 bits per heavy atom. The maximum atomic E-state index is 11.5. The quantitative estimate of drug-likeness (QED) is 0.852. The highest BCUT2D eigenvalue weighted by Gasteiger charge is 2.13. The lowest BCUT2D eigenvalue weighted by Gasteiger charge is -2.07. The van der Waals surface area contributed by atoms with Gasteiger partial charge >= 0.3 is 0 Å². The van der Waals surface area contributed by atoms with Gasteiger partial charge in [-0.05, 0) is 36.2 Å². The van der Waals surface area contributed by atoms with Crippen LogP contribution < -0.4 is 20.1 Å². The number of carbonyl (C=O) groups is 1. The van der Waals surface area contributed by atoms with Crippen molar-refractivity contribution < 1.29 is 14.3 Å². The van der Waals surface area contributed by atoms with E-state index in [9.17, 15) is 4.79 Å². The van der Waals surface area contributed by atoms with Gasteiger partial charge in [-0.25, -0.2) is 0 Å². The smallest absolute Gasteiger partial charge is 0.231 e. The summed E-state index contributed by atoms with van der Waals surface area (Å²) >= 11 is 0. The van der Waals surface area contributed by atoms with Gasteiger partial charge in [0.15, 0.2) is 17.3 Å². The number of nitrogens with one attached hydrogen (secondary N) is 2. The fourth-order valence-corrected chi connectivity index (χ4v) is 2.17. The van der Waals surface area contributed by atoms with Crippen LogP contribution in [0.25, 0.3) is 0 Å². The van der Waals surface area contributed by atoms with E-state index in [4.69, 9.17) is 9.47 Å². The second-order valence-electron chi connectivity index (χ2n) is 5.14. The molecule has 7 nitrogen and oxygen atoms in total. The van der Waals surface area contributed by atoms with Crippen molar-refractivity contribution in [1.82, 2.24) is 10.2 Å². The molecule has 3 rings (SSSR count). The number of rotatable bonds is 6. The van der Waals surface area contributed by atoms with Crippen LogP contribution in [0.2, 0.25) is 0 Å². The van der Waals surface area contributed by atoms with E-state index in [1.54, 1.807) is 12.1 Å². The molecule has 0 aliphatic carbocycles. The molecule has 0 saturated carbocycles. The number of amides is 1. The molecule has 0 saturated heterocycles. The molecule has 1 aromatic carbocycles. The van der Waals surface area contributed by atoms with Crippen molar-refractivity contribution >= 4 is 17.5 Å². The third kappa shape index (κ3) is 3.88. The average Bonchev–Trinajstić information content (AvgIpc) is 3.02. The first-order valence-corrected chi connectivity index (χ1v) is 7.50. The molecule has 1 aromatic heterocycles. The maximum absolute atomic E-state index is 11.5. The minimum atomic E-state index is -0.0529. The van der Waals surface area contributed by atoms with E-state index >= 15 is 0 Å². The van der Waals surface area contributed by atoms with Crippen molar-refractivity contribution in [2.75, 3.05) is 17.4 Å². The van der Waals surface area contributed by atoms with Crippen molar-refractivity contribution in [3.05, 3.63) is 35.9 Å². The first kappa shape index (κ1) is 15.1. The van der Waals surface area contributed by atoms with E-state index in [-0.39, 0.29) is 12.7 Å². The molecule has 2 N–H and O–H groups in total. The van der Waals surface area contributed by atoms with Crippen LogP contribution in [0.4, 0.5) is 11.6 Å². The molecular weight excluding hydrogens is 296 g/mol. The zero-order chi connectivity index (χ0) is 16.1. The summed E-state index contributed by atoms with van der Waals surface area (Å²) in [4.78, 5) is 11.5.